The Morgan fingerprint density at radius 1 is 1.14 bits per heavy atom. The summed E-state index contributed by atoms with van der Waals surface area (Å²) < 4.78 is 5.52. The number of carboxylic acid groups (broad SMARTS) is 1. The molecule has 3 heteroatoms. The van der Waals surface area contributed by atoms with E-state index in [2.05, 4.69) is 25.2 Å². The van der Waals surface area contributed by atoms with Crippen molar-refractivity contribution in [1.29, 1.82) is 0 Å². The van der Waals surface area contributed by atoms with Crippen LogP contribution in [0.25, 0.3) is 0 Å². The van der Waals surface area contributed by atoms with Crippen molar-refractivity contribution in [1.82, 2.24) is 0 Å². The van der Waals surface area contributed by atoms with E-state index in [1.165, 1.54) is 38.5 Å². The largest absolute Gasteiger partial charge is 0.483 e. The highest BCUT2D eigenvalue weighted by atomic mass is 16.6. The molecule has 0 aromatic carbocycles. The molecule has 0 aromatic heterocycles. The Hall–Kier alpha value is -1.25. The van der Waals surface area contributed by atoms with Crippen molar-refractivity contribution < 1.29 is 14.6 Å². The summed E-state index contributed by atoms with van der Waals surface area (Å²) in [5, 5.41) is 8.52. The normalized spacial score (nSPS) is 19.1. The molecular weight excluding hydrogens is 264 g/mol. The Labute approximate surface area is 129 Å². The minimum Gasteiger partial charge on any atom is -0.483 e. The Kier molecular flexibility index (Phi) is 9.68. The molecule has 3 nitrogen and oxygen atoms in total. The van der Waals surface area contributed by atoms with E-state index < -0.39 is 5.97 Å². The first-order valence-electron chi connectivity index (χ1n) is 8.49. The van der Waals surface area contributed by atoms with E-state index in [9.17, 15) is 4.79 Å². The zero-order valence-electron chi connectivity index (χ0n) is 13.4. The Morgan fingerprint density at radius 2 is 1.90 bits per heavy atom. The molecule has 1 N–H and O–H groups in total. The molecule has 1 rings (SSSR count). The van der Waals surface area contributed by atoms with Gasteiger partial charge in [-0.15, -0.1) is 0 Å². The van der Waals surface area contributed by atoms with Gasteiger partial charge in [-0.2, -0.15) is 0 Å². The quantitative estimate of drug-likeness (QED) is 0.374. The highest BCUT2D eigenvalue weighted by Gasteiger charge is 2.30. The first-order chi connectivity index (χ1) is 10.2. The molecule has 1 aliphatic rings. The van der Waals surface area contributed by atoms with Gasteiger partial charge in [-0.25, -0.2) is 0 Å². The van der Waals surface area contributed by atoms with Crippen LogP contribution in [-0.4, -0.2) is 17.2 Å². The standard InChI is InChI=1S/C18H30O3/c1-2-3-10-13-16-17(21-16)14-11-8-6-4-5-7-9-12-15-18(19)20/h8,11,14,16H,2-7,9-10,12-13,15H2,1H3,(H,19,20)/b11-8+,17-14+. The van der Waals surface area contributed by atoms with Gasteiger partial charge in [0.1, 0.15) is 5.76 Å². The lowest BCUT2D eigenvalue weighted by atomic mass is 10.1. The minimum absolute atomic E-state index is 0.312. The number of aliphatic carboxylic acids is 1. The molecule has 0 radical (unpaired) electrons. The van der Waals surface area contributed by atoms with Crippen molar-refractivity contribution in [2.75, 3.05) is 0 Å². The molecule has 120 valence electrons. The summed E-state index contributed by atoms with van der Waals surface area (Å²) in [6.45, 7) is 2.22. The second kappa shape index (κ2) is 11.4. The van der Waals surface area contributed by atoms with Gasteiger partial charge in [0.05, 0.1) is 0 Å². The lowest BCUT2D eigenvalue weighted by Gasteiger charge is -1.97. The molecule has 1 aliphatic heterocycles. The monoisotopic (exact) mass is 294 g/mol. The van der Waals surface area contributed by atoms with Crippen LogP contribution in [-0.2, 0) is 9.53 Å². The highest BCUT2D eigenvalue weighted by molar-refractivity contribution is 5.66. The van der Waals surface area contributed by atoms with Gasteiger partial charge in [0.25, 0.3) is 0 Å². The number of rotatable bonds is 13. The average molecular weight is 294 g/mol. The zero-order valence-corrected chi connectivity index (χ0v) is 13.4. The van der Waals surface area contributed by atoms with Gasteiger partial charge in [-0.1, -0.05) is 51.2 Å². The van der Waals surface area contributed by atoms with E-state index >= 15 is 0 Å². The fourth-order valence-electron chi connectivity index (χ4n) is 2.39. The molecule has 0 bridgehead atoms. The van der Waals surface area contributed by atoms with Crippen LogP contribution in [0.15, 0.2) is 24.0 Å². The fraction of sp³-hybridized carbons (Fsp3) is 0.722. The summed E-state index contributed by atoms with van der Waals surface area (Å²) in [5.41, 5.74) is 0. The topological polar surface area (TPSA) is 49.8 Å². The predicted octanol–water partition coefficient (Wildman–Crippen LogP) is 5.22. The van der Waals surface area contributed by atoms with Crippen LogP contribution < -0.4 is 0 Å². The van der Waals surface area contributed by atoms with Gasteiger partial charge in [-0.05, 0) is 38.2 Å². The van der Waals surface area contributed by atoms with E-state index in [-0.39, 0.29) is 0 Å². The summed E-state index contributed by atoms with van der Waals surface area (Å²) in [7, 11) is 0. The smallest absolute Gasteiger partial charge is 0.303 e. The molecule has 1 unspecified atom stereocenters. The van der Waals surface area contributed by atoms with E-state index in [4.69, 9.17) is 9.84 Å². The first-order valence-corrected chi connectivity index (χ1v) is 8.49. The van der Waals surface area contributed by atoms with Crippen molar-refractivity contribution in [3.63, 3.8) is 0 Å². The number of carboxylic acids is 1. The lowest BCUT2D eigenvalue weighted by molar-refractivity contribution is -0.137. The third-order valence-corrected chi connectivity index (χ3v) is 3.77. The van der Waals surface area contributed by atoms with Crippen molar-refractivity contribution >= 4 is 5.97 Å². The molecular formula is C18H30O3. The molecule has 21 heavy (non-hydrogen) atoms. The van der Waals surface area contributed by atoms with Gasteiger partial charge in [-0.3, -0.25) is 4.79 Å². The summed E-state index contributed by atoms with van der Waals surface area (Å²) in [5.74, 6) is 0.470. The van der Waals surface area contributed by atoms with Gasteiger partial charge in [0.2, 0.25) is 0 Å². The predicted molar refractivity (Wildman–Crippen MR) is 86.2 cm³/mol. The number of hydrogen-bond acceptors (Lipinski definition) is 2. The Balaban J connectivity index is 1.88. The molecule has 1 heterocycles. The maximum absolute atomic E-state index is 10.3. The van der Waals surface area contributed by atoms with Crippen molar-refractivity contribution in [3.8, 4) is 0 Å². The van der Waals surface area contributed by atoms with Crippen LogP contribution in [0.3, 0.4) is 0 Å². The number of carbonyl (C=O) groups is 1. The number of epoxide rings is 1. The van der Waals surface area contributed by atoms with E-state index in [0.717, 1.165) is 31.4 Å². The molecule has 0 spiro atoms. The molecule has 0 saturated carbocycles. The third kappa shape index (κ3) is 10.2. The minimum atomic E-state index is -0.679. The van der Waals surface area contributed by atoms with Gasteiger partial charge < -0.3 is 9.84 Å². The van der Waals surface area contributed by atoms with Crippen LogP contribution in [0, 0.1) is 0 Å². The van der Waals surface area contributed by atoms with Crippen molar-refractivity contribution in [2.45, 2.75) is 83.7 Å². The van der Waals surface area contributed by atoms with Gasteiger partial charge in [0.15, 0.2) is 6.10 Å². The van der Waals surface area contributed by atoms with Crippen LogP contribution in [0.1, 0.15) is 77.6 Å². The first kappa shape index (κ1) is 17.8. The van der Waals surface area contributed by atoms with Gasteiger partial charge >= 0.3 is 5.97 Å². The van der Waals surface area contributed by atoms with Crippen molar-refractivity contribution in [3.05, 3.63) is 24.0 Å². The second-order valence-electron chi connectivity index (χ2n) is 5.80. The van der Waals surface area contributed by atoms with Crippen LogP contribution >= 0.6 is 0 Å². The molecule has 1 saturated heterocycles. The number of unbranched alkanes of at least 4 members (excludes halogenated alkanes) is 7. The molecule has 0 amide bonds. The average Bonchev–Trinajstić information content (AvgIpc) is 3.19. The second-order valence-corrected chi connectivity index (χ2v) is 5.80. The maximum Gasteiger partial charge on any atom is 0.303 e. The summed E-state index contributed by atoms with van der Waals surface area (Å²) in [6.07, 6.45) is 18.6. The zero-order chi connectivity index (χ0) is 15.3. The Bertz CT molecular complexity index is 344. The molecule has 0 aliphatic carbocycles. The van der Waals surface area contributed by atoms with E-state index in [0.29, 0.717) is 12.5 Å². The number of allylic oxidation sites excluding steroid dienone is 3. The Morgan fingerprint density at radius 3 is 2.67 bits per heavy atom. The van der Waals surface area contributed by atoms with E-state index in [1.54, 1.807) is 0 Å². The van der Waals surface area contributed by atoms with Crippen LogP contribution in [0.2, 0.25) is 0 Å². The lowest BCUT2D eigenvalue weighted by Crippen LogP contribution is -1.93. The molecule has 1 fully saturated rings. The summed E-state index contributed by atoms with van der Waals surface area (Å²) in [4.78, 5) is 10.3. The van der Waals surface area contributed by atoms with E-state index in [1.807, 2.05) is 0 Å². The van der Waals surface area contributed by atoms with Crippen LogP contribution in [0.4, 0.5) is 0 Å². The third-order valence-electron chi connectivity index (χ3n) is 3.77. The van der Waals surface area contributed by atoms with Crippen LogP contribution in [0.5, 0.6) is 0 Å². The maximum atomic E-state index is 10.3. The highest BCUT2D eigenvalue weighted by Crippen LogP contribution is 2.31. The van der Waals surface area contributed by atoms with Gasteiger partial charge in [0, 0.05) is 6.42 Å². The number of ether oxygens (including phenoxy) is 1. The summed E-state index contributed by atoms with van der Waals surface area (Å²) >= 11 is 0. The summed E-state index contributed by atoms with van der Waals surface area (Å²) in [6, 6.07) is 0. The van der Waals surface area contributed by atoms with Crippen molar-refractivity contribution in [2.24, 2.45) is 0 Å². The fourth-order valence-corrected chi connectivity index (χ4v) is 2.39. The molecule has 1 atom stereocenters. The number of hydrogen-bond donors (Lipinski definition) is 1. The SMILES string of the molecule is CCCCCC1O/C1=C/C=C/CCCCCCCC(=O)O. The molecule has 0 aromatic rings.